The second-order valence-electron chi connectivity index (χ2n) is 9.91. The summed E-state index contributed by atoms with van der Waals surface area (Å²) in [7, 11) is 4.67. The van der Waals surface area contributed by atoms with Gasteiger partial charge in [0.1, 0.15) is 16.9 Å². The van der Waals surface area contributed by atoms with Gasteiger partial charge in [0.15, 0.2) is 16.8 Å². The number of rotatable bonds is 14. The number of allylic oxidation sites excluding steroid dienone is 3. The molecule has 1 heterocycles. The summed E-state index contributed by atoms with van der Waals surface area (Å²) in [5.74, 6) is 2.21. The molecule has 2 rings (SSSR count). The highest BCUT2D eigenvalue weighted by molar-refractivity contribution is 5.91. The Labute approximate surface area is 215 Å². The van der Waals surface area contributed by atoms with Crippen LogP contribution in [-0.4, -0.2) is 32.5 Å². The smallest absolute Gasteiger partial charge is 0.202 e. The molecule has 0 aliphatic heterocycles. The van der Waals surface area contributed by atoms with Gasteiger partial charge in [-0.1, -0.05) is 58.4 Å². The van der Waals surface area contributed by atoms with E-state index in [2.05, 4.69) is 52.0 Å². The van der Waals surface area contributed by atoms with E-state index in [0.717, 1.165) is 12.8 Å². The lowest BCUT2D eigenvalue weighted by atomic mass is 9.89. The number of aromatic hydroxyl groups is 1. The first kappa shape index (κ1) is 29.5. The van der Waals surface area contributed by atoms with Crippen molar-refractivity contribution < 1.29 is 23.7 Å². The summed E-state index contributed by atoms with van der Waals surface area (Å²) in [6.07, 6.45) is 13.4. The molecular weight excluding hydrogens is 456 g/mol. The second kappa shape index (κ2) is 14.1. The Balaban J connectivity index is 2.11. The van der Waals surface area contributed by atoms with Crippen molar-refractivity contribution >= 4 is 11.0 Å². The molecule has 1 N–H and O–H groups in total. The summed E-state index contributed by atoms with van der Waals surface area (Å²) in [6, 6.07) is 1.50. The van der Waals surface area contributed by atoms with E-state index in [4.69, 9.17) is 18.6 Å². The number of methoxy groups -OCH3 is 3. The van der Waals surface area contributed by atoms with E-state index in [-0.39, 0.29) is 34.0 Å². The Morgan fingerprint density at radius 3 is 2.31 bits per heavy atom. The molecule has 1 unspecified atom stereocenters. The molecule has 1 aromatic carbocycles. The fraction of sp³-hybridized carbons (Fsp3) is 0.567. The lowest BCUT2D eigenvalue weighted by molar-refractivity contribution is 0.0857. The normalized spacial score (nSPS) is 15.4. The van der Waals surface area contributed by atoms with Crippen molar-refractivity contribution in [3.05, 3.63) is 51.9 Å². The average Bonchev–Trinajstić information content (AvgIpc) is 2.85. The summed E-state index contributed by atoms with van der Waals surface area (Å²) >= 11 is 0. The van der Waals surface area contributed by atoms with Gasteiger partial charge in [0, 0.05) is 25.2 Å². The van der Waals surface area contributed by atoms with Gasteiger partial charge in [-0.25, -0.2) is 0 Å². The number of fused-ring (bicyclic) bond motifs is 1. The molecule has 4 atom stereocenters. The fourth-order valence-electron chi connectivity index (χ4n) is 4.73. The Hall–Kier alpha value is -2.73. The number of hydrogen-bond acceptors (Lipinski definition) is 6. The van der Waals surface area contributed by atoms with Crippen molar-refractivity contribution in [3.63, 3.8) is 0 Å². The lowest BCUT2D eigenvalue weighted by Crippen LogP contribution is -2.20. The van der Waals surface area contributed by atoms with Crippen molar-refractivity contribution in [3.8, 4) is 17.2 Å². The third-order valence-electron chi connectivity index (χ3n) is 6.90. The minimum absolute atomic E-state index is 0.0378. The van der Waals surface area contributed by atoms with Crippen molar-refractivity contribution in [2.45, 2.75) is 72.8 Å². The first-order valence-corrected chi connectivity index (χ1v) is 13.0. The quantitative estimate of drug-likeness (QED) is 0.282. The molecule has 1 aromatic heterocycles. The lowest BCUT2D eigenvalue weighted by Gasteiger charge is -2.23. The van der Waals surface area contributed by atoms with Gasteiger partial charge in [-0.15, -0.1) is 0 Å². The van der Waals surface area contributed by atoms with Crippen LogP contribution in [0.2, 0.25) is 0 Å². The molecule has 0 aliphatic carbocycles. The summed E-state index contributed by atoms with van der Waals surface area (Å²) < 4.78 is 22.4. The maximum atomic E-state index is 13.1. The van der Waals surface area contributed by atoms with Crippen LogP contribution >= 0.6 is 0 Å². The Morgan fingerprint density at radius 2 is 1.69 bits per heavy atom. The standard InChI is InChI=1S/C30H44O6/c1-9-12-19(2)13-10-11-14-23(33-6)21(4)17-20(3)15-16-24-22(5)28(31)27-25(34-7)18-26(35-8)29(32)30(27)36-24/h10-11,13-14,18-21,23,32H,9,12,15-17H2,1-8H3/b13-10+,14-11+/t19?,20-,21-,23-/m0/s1. The highest BCUT2D eigenvalue weighted by atomic mass is 16.5. The predicted octanol–water partition coefficient (Wildman–Crippen LogP) is 6.98. The highest BCUT2D eigenvalue weighted by Crippen LogP contribution is 2.40. The molecule has 0 spiro atoms. The van der Waals surface area contributed by atoms with Crippen LogP contribution in [0.4, 0.5) is 0 Å². The zero-order valence-electron chi connectivity index (χ0n) is 23.2. The van der Waals surface area contributed by atoms with Crippen LogP contribution in [0, 0.1) is 24.7 Å². The molecule has 6 heteroatoms. The third-order valence-corrected chi connectivity index (χ3v) is 6.90. The zero-order chi connectivity index (χ0) is 26.8. The van der Waals surface area contributed by atoms with Gasteiger partial charge in [-0.3, -0.25) is 4.79 Å². The van der Waals surface area contributed by atoms with Crippen LogP contribution in [0.25, 0.3) is 11.0 Å². The van der Waals surface area contributed by atoms with Crippen molar-refractivity contribution in [2.75, 3.05) is 21.3 Å². The van der Waals surface area contributed by atoms with Crippen LogP contribution in [0.3, 0.4) is 0 Å². The van der Waals surface area contributed by atoms with E-state index >= 15 is 0 Å². The topological polar surface area (TPSA) is 78.1 Å². The molecule has 0 aliphatic rings. The van der Waals surface area contributed by atoms with Crippen molar-refractivity contribution in [2.24, 2.45) is 17.8 Å². The predicted molar refractivity (Wildman–Crippen MR) is 146 cm³/mol. The summed E-state index contributed by atoms with van der Waals surface area (Å²) in [5.41, 5.74) is 0.434. The minimum Gasteiger partial charge on any atom is -0.502 e. The largest absolute Gasteiger partial charge is 0.502 e. The first-order valence-electron chi connectivity index (χ1n) is 13.0. The monoisotopic (exact) mass is 500 g/mol. The number of hydrogen-bond donors (Lipinski definition) is 1. The summed E-state index contributed by atoms with van der Waals surface area (Å²) in [6.45, 7) is 10.6. The van der Waals surface area contributed by atoms with E-state index in [1.807, 2.05) is 0 Å². The number of benzene rings is 1. The number of aryl methyl sites for hydroxylation is 1. The van der Waals surface area contributed by atoms with Crippen LogP contribution < -0.4 is 14.9 Å². The van der Waals surface area contributed by atoms with E-state index < -0.39 is 0 Å². The Bertz CT molecular complexity index is 1100. The van der Waals surface area contributed by atoms with Crippen LogP contribution in [0.15, 0.2) is 39.6 Å². The Kier molecular flexibility index (Phi) is 11.6. The number of phenols is 1. The molecule has 0 bridgehead atoms. The van der Waals surface area contributed by atoms with E-state index in [1.165, 1.54) is 33.1 Å². The zero-order valence-corrected chi connectivity index (χ0v) is 23.2. The molecule has 0 amide bonds. The van der Waals surface area contributed by atoms with Crippen molar-refractivity contribution in [1.82, 2.24) is 0 Å². The average molecular weight is 501 g/mol. The van der Waals surface area contributed by atoms with E-state index in [1.54, 1.807) is 14.0 Å². The van der Waals surface area contributed by atoms with Gasteiger partial charge < -0.3 is 23.7 Å². The van der Waals surface area contributed by atoms with Crippen LogP contribution in [-0.2, 0) is 11.2 Å². The minimum atomic E-state index is -0.201. The molecule has 0 fully saturated rings. The van der Waals surface area contributed by atoms with Crippen LogP contribution in [0.5, 0.6) is 17.2 Å². The molecule has 0 radical (unpaired) electrons. The fourth-order valence-corrected chi connectivity index (χ4v) is 4.73. The third kappa shape index (κ3) is 7.39. The van der Waals surface area contributed by atoms with Gasteiger partial charge in [0.2, 0.25) is 5.75 Å². The van der Waals surface area contributed by atoms with Gasteiger partial charge in [-0.05, 0) is 43.9 Å². The molecule has 36 heavy (non-hydrogen) atoms. The van der Waals surface area contributed by atoms with Gasteiger partial charge in [0.25, 0.3) is 0 Å². The maximum absolute atomic E-state index is 13.1. The SMILES string of the molecule is CCCC(C)/C=C/C=C/[C@H](OC)[C@@H](C)C[C@@H](C)CCc1oc2c(O)c(OC)cc(OC)c2c(=O)c1C. The molecule has 6 nitrogen and oxygen atoms in total. The summed E-state index contributed by atoms with van der Waals surface area (Å²) in [4.78, 5) is 13.1. The Morgan fingerprint density at radius 1 is 1.03 bits per heavy atom. The van der Waals surface area contributed by atoms with E-state index in [0.29, 0.717) is 41.2 Å². The number of ether oxygens (including phenoxy) is 3. The van der Waals surface area contributed by atoms with Crippen molar-refractivity contribution in [1.29, 1.82) is 0 Å². The van der Waals surface area contributed by atoms with Crippen LogP contribution in [0.1, 0.15) is 64.7 Å². The highest BCUT2D eigenvalue weighted by Gasteiger charge is 2.22. The van der Waals surface area contributed by atoms with Gasteiger partial charge in [-0.2, -0.15) is 0 Å². The molecule has 200 valence electrons. The second-order valence-corrected chi connectivity index (χ2v) is 9.91. The summed E-state index contributed by atoms with van der Waals surface area (Å²) in [5, 5.41) is 10.8. The molecule has 2 aromatic rings. The van der Waals surface area contributed by atoms with Gasteiger partial charge >= 0.3 is 0 Å². The molecular formula is C30H44O6. The molecule has 0 saturated heterocycles. The van der Waals surface area contributed by atoms with Gasteiger partial charge in [0.05, 0.1) is 20.3 Å². The number of phenolic OH excluding ortho intramolecular Hbond substituents is 1. The maximum Gasteiger partial charge on any atom is 0.202 e. The molecule has 0 saturated carbocycles. The van der Waals surface area contributed by atoms with E-state index in [9.17, 15) is 9.90 Å². The first-order chi connectivity index (χ1) is 17.2.